The SMILES string of the molecule is N#Cc1ccc(S(=O)(=O)Cl)c(C(F)F)c1CCl. The van der Waals surface area contributed by atoms with Crippen LogP contribution in [0.1, 0.15) is 23.1 Å². The van der Waals surface area contributed by atoms with Crippen LogP contribution in [-0.4, -0.2) is 8.42 Å². The van der Waals surface area contributed by atoms with E-state index >= 15 is 0 Å². The van der Waals surface area contributed by atoms with Crippen molar-refractivity contribution in [3.8, 4) is 6.07 Å². The van der Waals surface area contributed by atoms with Crippen LogP contribution in [0.5, 0.6) is 0 Å². The third kappa shape index (κ3) is 2.86. The van der Waals surface area contributed by atoms with Gasteiger partial charge >= 0.3 is 0 Å². The number of nitrogens with zero attached hydrogens (tertiary/aromatic N) is 1. The van der Waals surface area contributed by atoms with Crippen LogP contribution in [0.3, 0.4) is 0 Å². The molecule has 0 aromatic heterocycles. The monoisotopic (exact) mass is 299 g/mol. The normalized spacial score (nSPS) is 11.5. The van der Waals surface area contributed by atoms with Crippen molar-refractivity contribution in [2.45, 2.75) is 17.2 Å². The molecular weight excluding hydrogens is 295 g/mol. The van der Waals surface area contributed by atoms with Crippen LogP contribution in [0.25, 0.3) is 0 Å². The zero-order valence-electron chi connectivity index (χ0n) is 8.12. The van der Waals surface area contributed by atoms with E-state index in [1.165, 1.54) is 0 Å². The Labute approximate surface area is 106 Å². The molecule has 0 radical (unpaired) electrons. The van der Waals surface area contributed by atoms with E-state index < -0.39 is 31.8 Å². The predicted molar refractivity (Wildman–Crippen MR) is 58.7 cm³/mol. The molecule has 8 heteroatoms. The van der Waals surface area contributed by atoms with Crippen molar-refractivity contribution < 1.29 is 17.2 Å². The standard InChI is InChI=1S/C9H5Cl2F2NO2S/c10-3-6-5(4-14)1-2-7(17(11,15)16)8(6)9(12)13/h1-2,9H,3H2. The van der Waals surface area contributed by atoms with E-state index in [1.54, 1.807) is 6.07 Å². The summed E-state index contributed by atoms with van der Waals surface area (Å²) in [5, 5.41) is 8.71. The van der Waals surface area contributed by atoms with Crippen LogP contribution in [0.15, 0.2) is 17.0 Å². The van der Waals surface area contributed by atoms with Crippen LogP contribution < -0.4 is 0 Å². The first-order valence-electron chi connectivity index (χ1n) is 4.17. The van der Waals surface area contributed by atoms with E-state index in [2.05, 4.69) is 0 Å². The fourth-order valence-corrected chi connectivity index (χ4v) is 2.74. The van der Waals surface area contributed by atoms with Gasteiger partial charge in [-0.25, -0.2) is 17.2 Å². The number of alkyl halides is 3. The Morgan fingerprint density at radius 1 is 1.41 bits per heavy atom. The maximum Gasteiger partial charge on any atom is 0.265 e. The van der Waals surface area contributed by atoms with Gasteiger partial charge in [-0.05, 0) is 17.7 Å². The molecule has 0 bridgehead atoms. The lowest BCUT2D eigenvalue weighted by Gasteiger charge is -2.11. The molecule has 0 fully saturated rings. The summed E-state index contributed by atoms with van der Waals surface area (Å²) in [6, 6.07) is 3.63. The van der Waals surface area contributed by atoms with Gasteiger partial charge in [0.05, 0.1) is 16.5 Å². The quantitative estimate of drug-likeness (QED) is 0.636. The molecule has 1 rings (SSSR count). The predicted octanol–water partition coefficient (Wildman–Crippen LogP) is 3.16. The summed E-state index contributed by atoms with van der Waals surface area (Å²) in [5.41, 5.74) is -1.13. The van der Waals surface area contributed by atoms with Crippen LogP contribution >= 0.6 is 22.3 Å². The Balaban J connectivity index is 3.73. The average Bonchev–Trinajstić information content (AvgIpc) is 2.25. The van der Waals surface area contributed by atoms with Crippen LogP contribution in [0.4, 0.5) is 8.78 Å². The number of hydrogen-bond donors (Lipinski definition) is 0. The van der Waals surface area contributed by atoms with Gasteiger partial charge in [-0.3, -0.25) is 0 Å². The number of hydrogen-bond acceptors (Lipinski definition) is 3. The molecule has 0 aliphatic rings. The second kappa shape index (κ2) is 5.17. The van der Waals surface area contributed by atoms with Gasteiger partial charge in [0.25, 0.3) is 15.5 Å². The molecule has 3 nitrogen and oxygen atoms in total. The van der Waals surface area contributed by atoms with Gasteiger partial charge in [0, 0.05) is 22.1 Å². The first kappa shape index (κ1) is 14.2. The largest absolute Gasteiger partial charge is 0.265 e. The Kier molecular flexibility index (Phi) is 4.31. The Morgan fingerprint density at radius 3 is 2.35 bits per heavy atom. The highest BCUT2D eigenvalue weighted by Crippen LogP contribution is 2.34. The van der Waals surface area contributed by atoms with Gasteiger partial charge in [0.2, 0.25) is 0 Å². The third-order valence-corrected chi connectivity index (χ3v) is 3.70. The van der Waals surface area contributed by atoms with E-state index in [0.717, 1.165) is 12.1 Å². The summed E-state index contributed by atoms with van der Waals surface area (Å²) >= 11 is 5.46. The number of halogens is 4. The molecule has 0 amide bonds. The van der Waals surface area contributed by atoms with Crippen molar-refractivity contribution in [1.82, 2.24) is 0 Å². The lowest BCUT2D eigenvalue weighted by atomic mass is 10.0. The molecule has 1 aromatic rings. The van der Waals surface area contributed by atoms with E-state index in [9.17, 15) is 17.2 Å². The maximum absolute atomic E-state index is 12.8. The molecule has 0 unspecified atom stereocenters. The van der Waals surface area contributed by atoms with Crippen molar-refractivity contribution in [3.05, 3.63) is 28.8 Å². The topological polar surface area (TPSA) is 57.9 Å². The number of benzene rings is 1. The first-order valence-corrected chi connectivity index (χ1v) is 7.02. The van der Waals surface area contributed by atoms with Crippen molar-refractivity contribution in [1.29, 1.82) is 5.26 Å². The van der Waals surface area contributed by atoms with Gasteiger partial charge in [0.15, 0.2) is 0 Å². The first-order chi connectivity index (χ1) is 7.82. The van der Waals surface area contributed by atoms with Gasteiger partial charge in [0.1, 0.15) is 0 Å². The second-order valence-corrected chi connectivity index (χ2v) is 5.79. The van der Waals surface area contributed by atoms with Gasteiger partial charge in [-0.2, -0.15) is 5.26 Å². The van der Waals surface area contributed by atoms with Crippen LogP contribution in [-0.2, 0) is 14.9 Å². The lowest BCUT2D eigenvalue weighted by molar-refractivity contribution is 0.147. The molecule has 0 aliphatic carbocycles. The zero-order chi connectivity index (χ0) is 13.2. The molecule has 0 N–H and O–H groups in total. The van der Waals surface area contributed by atoms with E-state index in [0.29, 0.717) is 0 Å². The zero-order valence-corrected chi connectivity index (χ0v) is 10.5. The van der Waals surface area contributed by atoms with E-state index in [-0.39, 0.29) is 11.1 Å². The Hall–Kier alpha value is -0.900. The minimum Gasteiger partial charge on any atom is -0.207 e. The smallest absolute Gasteiger partial charge is 0.207 e. The number of nitriles is 1. The Bertz CT molecular complexity index is 581. The van der Waals surface area contributed by atoms with Crippen LogP contribution in [0, 0.1) is 11.3 Å². The van der Waals surface area contributed by atoms with Gasteiger partial charge < -0.3 is 0 Å². The minimum atomic E-state index is -4.31. The summed E-state index contributed by atoms with van der Waals surface area (Å²) in [6.45, 7) is 0. The molecule has 0 spiro atoms. The third-order valence-electron chi connectivity index (χ3n) is 2.05. The molecule has 0 aliphatic heterocycles. The molecule has 17 heavy (non-hydrogen) atoms. The molecule has 92 valence electrons. The maximum atomic E-state index is 12.8. The molecule has 1 aromatic carbocycles. The van der Waals surface area contributed by atoms with Crippen molar-refractivity contribution in [2.75, 3.05) is 0 Å². The fourth-order valence-electron chi connectivity index (χ4n) is 1.34. The highest BCUT2D eigenvalue weighted by atomic mass is 35.7. The van der Waals surface area contributed by atoms with Crippen molar-refractivity contribution >= 4 is 31.3 Å². The highest BCUT2D eigenvalue weighted by Gasteiger charge is 2.26. The van der Waals surface area contributed by atoms with Crippen LogP contribution in [0.2, 0.25) is 0 Å². The summed E-state index contributed by atoms with van der Waals surface area (Å²) in [5.74, 6) is -0.400. The van der Waals surface area contributed by atoms with Gasteiger partial charge in [-0.15, -0.1) is 11.6 Å². The summed E-state index contributed by atoms with van der Waals surface area (Å²) < 4.78 is 47.9. The summed E-state index contributed by atoms with van der Waals surface area (Å²) in [4.78, 5) is -0.719. The number of rotatable bonds is 3. The molecule has 0 saturated heterocycles. The summed E-state index contributed by atoms with van der Waals surface area (Å²) in [7, 11) is 0.733. The second-order valence-electron chi connectivity index (χ2n) is 2.99. The Morgan fingerprint density at radius 2 is 2.00 bits per heavy atom. The van der Waals surface area contributed by atoms with Crippen molar-refractivity contribution in [3.63, 3.8) is 0 Å². The summed E-state index contributed by atoms with van der Waals surface area (Å²) in [6.07, 6.45) is -3.08. The van der Waals surface area contributed by atoms with E-state index in [4.69, 9.17) is 27.5 Å². The molecule has 0 saturated carbocycles. The minimum absolute atomic E-state index is 0.0978. The highest BCUT2D eigenvalue weighted by molar-refractivity contribution is 8.13. The molecule has 0 heterocycles. The molecular formula is C9H5Cl2F2NO2S. The fraction of sp³-hybridized carbons (Fsp3) is 0.222. The lowest BCUT2D eigenvalue weighted by Crippen LogP contribution is -2.04. The average molecular weight is 300 g/mol. The van der Waals surface area contributed by atoms with Gasteiger partial charge in [-0.1, -0.05) is 0 Å². The van der Waals surface area contributed by atoms with Crippen molar-refractivity contribution in [2.24, 2.45) is 0 Å². The van der Waals surface area contributed by atoms with E-state index in [1.807, 2.05) is 0 Å². The molecule has 0 atom stereocenters.